The van der Waals surface area contributed by atoms with Crippen molar-refractivity contribution in [3.63, 3.8) is 0 Å². The average Bonchev–Trinajstić information content (AvgIpc) is 3.06. The van der Waals surface area contributed by atoms with E-state index in [-0.39, 0.29) is 13.1 Å². The molecule has 0 aliphatic rings. The third-order valence-corrected chi connectivity index (χ3v) is 6.69. The zero-order valence-electron chi connectivity index (χ0n) is 14.8. The molecule has 9 heteroatoms. The summed E-state index contributed by atoms with van der Waals surface area (Å²) in [6.45, 7) is 1.60. The number of alkyl halides is 3. The first-order valence-electron chi connectivity index (χ1n) is 8.29. The Labute approximate surface area is 165 Å². The van der Waals surface area contributed by atoms with Crippen LogP contribution in [0.5, 0.6) is 0 Å². The molecule has 0 amide bonds. The lowest BCUT2D eigenvalue weighted by Gasteiger charge is -2.23. The Kier molecular flexibility index (Phi) is 5.87. The second-order valence-electron chi connectivity index (χ2n) is 6.11. The van der Waals surface area contributed by atoms with Crippen molar-refractivity contribution >= 4 is 21.4 Å². The molecule has 0 unspecified atom stereocenters. The number of hydrogen-bond acceptors (Lipinski definition) is 4. The zero-order chi connectivity index (χ0) is 20.4. The van der Waals surface area contributed by atoms with Crippen LogP contribution in [0.15, 0.2) is 64.9 Å². The van der Waals surface area contributed by atoms with Gasteiger partial charge in [0.15, 0.2) is 0 Å². The lowest BCUT2D eigenvalue weighted by Crippen LogP contribution is -2.32. The molecule has 0 aliphatic carbocycles. The molecular weight excluding hydrogens is 409 g/mol. The van der Waals surface area contributed by atoms with Gasteiger partial charge in [-0.1, -0.05) is 42.5 Å². The van der Waals surface area contributed by atoms with Crippen molar-refractivity contribution in [3.05, 3.63) is 81.8 Å². The Hall–Kier alpha value is -2.23. The molecule has 4 nitrogen and oxygen atoms in total. The van der Waals surface area contributed by atoms with Crippen LogP contribution in [0, 0.1) is 6.92 Å². The van der Waals surface area contributed by atoms with Crippen LogP contribution in [0.2, 0.25) is 0 Å². The molecule has 0 atom stereocenters. The number of hydrogen-bond donors (Lipinski definition) is 0. The SMILES string of the molecule is Cc1nc(CN(Cc2ccccc2)S(=O)(=O)c2ccccc2C(F)(F)F)cs1. The number of nitrogens with zero attached hydrogens (tertiary/aromatic N) is 2. The van der Waals surface area contributed by atoms with Gasteiger partial charge in [-0.05, 0) is 24.6 Å². The van der Waals surface area contributed by atoms with E-state index in [1.165, 1.54) is 23.5 Å². The maximum atomic E-state index is 13.4. The van der Waals surface area contributed by atoms with E-state index in [4.69, 9.17) is 0 Å². The van der Waals surface area contributed by atoms with Crippen LogP contribution in [-0.4, -0.2) is 17.7 Å². The molecule has 0 fully saturated rings. The highest BCUT2D eigenvalue weighted by molar-refractivity contribution is 7.89. The number of halogens is 3. The Bertz CT molecular complexity index is 1050. The maximum Gasteiger partial charge on any atom is 0.417 e. The Morgan fingerprint density at radius 2 is 1.64 bits per heavy atom. The maximum absolute atomic E-state index is 13.4. The zero-order valence-corrected chi connectivity index (χ0v) is 16.5. The number of rotatable bonds is 6. The summed E-state index contributed by atoms with van der Waals surface area (Å²) in [4.78, 5) is 3.50. The fourth-order valence-corrected chi connectivity index (χ4v) is 4.95. The summed E-state index contributed by atoms with van der Waals surface area (Å²) < 4.78 is 67.7. The van der Waals surface area contributed by atoms with Crippen LogP contribution in [0.1, 0.15) is 21.8 Å². The summed E-state index contributed by atoms with van der Waals surface area (Å²) in [6, 6.07) is 13.0. The van der Waals surface area contributed by atoms with E-state index in [2.05, 4.69) is 4.98 Å². The standard InChI is InChI=1S/C19H17F3N2O2S2/c1-14-23-16(13-27-14)12-24(11-15-7-3-2-4-8-15)28(25,26)18-10-6-5-9-17(18)19(20,21)22/h2-10,13H,11-12H2,1H3. The molecule has 0 bridgehead atoms. The van der Waals surface area contributed by atoms with E-state index < -0.39 is 26.7 Å². The Morgan fingerprint density at radius 1 is 1.00 bits per heavy atom. The molecule has 0 saturated heterocycles. The summed E-state index contributed by atoms with van der Waals surface area (Å²) in [5.41, 5.74) is -0.0171. The first kappa shape index (κ1) is 20.5. The molecule has 0 aliphatic heterocycles. The molecule has 0 radical (unpaired) electrons. The number of aryl methyl sites for hydroxylation is 1. The van der Waals surface area contributed by atoms with Crippen LogP contribution in [0.25, 0.3) is 0 Å². The van der Waals surface area contributed by atoms with Crippen molar-refractivity contribution in [1.82, 2.24) is 9.29 Å². The second-order valence-corrected chi connectivity index (χ2v) is 9.08. The predicted octanol–water partition coefficient (Wildman–Crippen LogP) is 4.86. The summed E-state index contributed by atoms with van der Waals surface area (Å²) >= 11 is 1.35. The van der Waals surface area contributed by atoms with Gasteiger partial charge in [0.25, 0.3) is 0 Å². The molecule has 0 spiro atoms. The average molecular weight is 426 g/mol. The van der Waals surface area contributed by atoms with E-state index in [1.54, 1.807) is 42.6 Å². The fourth-order valence-electron chi connectivity index (χ4n) is 2.74. The molecule has 2 aromatic carbocycles. The van der Waals surface area contributed by atoms with Gasteiger partial charge in [0.05, 0.1) is 27.7 Å². The first-order chi connectivity index (χ1) is 13.2. The van der Waals surface area contributed by atoms with Crippen molar-refractivity contribution in [2.24, 2.45) is 0 Å². The van der Waals surface area contributed by atoms with Crippen LogP contribution < -0.4 is 0 Å². The topological polar surface area (TPSA) is 50.3 Å². The highest BCUT2D eigenvalue weighted by Crippen LogP contribution is 2.35. The molecule has 1 heterocycles. The summed E-state index contributed by atoms with van der Waals surface area (Å²) in [7, 11) is -4.42. The van der Waals surface area contributed by atoms with E-state index in [0.29, 0.717) is 11.3 Å². The van der Waals surface area contributed by atoms with E-state index in [9.17, 15) is 21.6 Å². The molecule has 28 heavy (non-hydrogen) atoms. The lowest BCUT2D eigenvalue weighted by molar-refractivity contribution is -0.139. The van der Waals surface area contributed by atoms with Gasteiger partial charge >= 0.3 is 6.18 Å². The van der Waals surface area contributed by atoms with Gasteiger partial charge in [-0.3, -0.25) is 0 Å². The van der Waals surface area contributed by atoms with Crippen molar-refractivity contribution in [1.29, 1.82) is 0 Å². The largest absolute Gasteiger partial charge is 0.417 e. The third-order valence-electron chi connectivity index (χ3n) is 4.02. The summed E-state index contributed by atoms with van der Waals surface area (Å²) in [6.07, 6.45) is -4.78. The van der Waals surface area contributed by atoms with Gasteiger partial charge in [-0.15, -0.1) is 11.3 Å². The van der Waals surface area contributed by atoms with Crippen molar-refractivity contribution in [2.45, 2.75) is 31.1 Å². The summed E-state index contributed by atoms with van der Waals surface area (Å²) in [5, 5.41) is 2.46. The fraction of sp³-hybridized carbons (Fsp3) is 0.211. The van der Waals surface area contributed by atoms with Crippen LogP contribution in [0.4, 0.5) is 13.2 Å². The minimum atomic E-state index is -4.78. The van der Waals surface area contributed by atoms with Gasteiger partial charge in [0.1, 0.15) is 0 Å². The minimum absolute atomic E-state index is 0.0636. The van der Waals surface area contributed by atoms with Crippen LogP contribution >= 0.6 is 11.3 Å². The van der Waals surface area contributed by atoms with Gasteiger partial charge in [-0.2, -0.15) is 17.5 Å². The second kappa shape index (κ2) is 8.02. The van der Waals surface area contributed by atoms with Crippen molar-refractivity contribution < 1.29 is 21.6 Å². The monoisotopic (exact) mass is 426 g/mol. The number of thiazole rings is 1. The van der Waals surface area contributed by atoms with Crippen LogP contribution in [0.3, 0.4) is 0 Å². The van der Waals surface area contributed by atoms with E-state index in [0.717, 1.165) is 21.4 Å². The molecule has 3 rings (SSSR count). The first-order valence-corrected chi connectivity index (χ1v) is 10.6. The van der Waals surface area contributed by atoms with Crippen molar-refractivity contribution in [3.8, 4) is 0 Å². The number of aromatic nitrogens is 1. The highest BCUT2D eigenvalue weighted by atomic mass is 32.2. The van der Waals surface area contributed by atoms with Crippen molar-refractivity contribution in [2.75, 3.05) is 0 Å². The quantitative estimate of drug-likeness (QED) is 0.566. The Balaban J connectivity index is 2.06. The van der Waals surface area contributed by atoms with Gasteiger partial charge in [0.2, 0.25) is 10.0 Å². The van der Waals surface area contributed by atoms with Crippen LogP contribution in [-0.2, 0) is 29.3 Å². The minimum Gasteiger partial charge on any atom is -0.245 e. The van der Waals surface area contributed by atoms with Gasteiger partial charge in [0, 0.05) is 11.9 Å². The smallest absolute Gasteiger partial charge is 0.245 e. The molecule has 1 aromatic heterocycles. The number of sulfonamides is 1. The Morgan fingerprint density at radius 3 is 2.25 bits per heavy atom. The van der Waals surface area contributed by atoms with E-state index in [1.807, 2.05) is 0 Å². The number of benzene rings is 2. The molecule has 3 aromatic rings. The van der Waals surface area contributed by atoms with E-state index >= 15 is 0 Å². The predicted molar refractivity (Wildman–Crippen MR) is 101 cm³/mol. The highest BCUT2D eigenvalue weighted by Gasteiger charge is 2.39. The van der Waals surface area contributed by atoms with Gasteiger partial charge < -0.3 is 0 Å². The molecular formula is C19H17F3N2O2S2. The molecule has 0 N–H and O–H groups in total. The van der Waals surface area contributed by atoms with Gasteiger partial charge in [-0.25, -0.2) is 13.4 Å². The molecule has 0 saturated carbocycles. The lowest BCUT2D eigenvalue weighted by atomic mass is 10.2. The summed E-state index contributed by atoms with van der Waals surface area (Å²) in [5.74, 6) is 0. The molecule has 148 valence electrons. The third kappa shape index (κ3) is 4.60. The normalized spacial score (nSPS) is 12.5.